The van der Waals surface area contributed by atoms with Crippen molar-refractivity contribution in [2.45, 2.75) is 37.6 Å². The van der Waals surface area contributed by atoms with Gasteiger partial charge in [-0.1, -0.05) is 12.1 Å². The smallest absolute Gasteiger partial charge is 0.427 e. The Morgan fingerprint density at radius 1 is 1.03 bits per heavy atom. The molecule has 3 rings (SSSR count). The number of nitrogen functional groups attached to an aromatic ring is 1. The van der Waals surface area contributed by atoms with E-state index in [0.29, 0.717) is 16.8 Å². The molecule has 2 heterocycles. The number of carbonyl (C=O) groups is 2. The number of hydrogen-bond donors (Lipinski definition) is 2. The van der Waals surface area contributed by atoms with Gasteiger partial charge in [-0.15, -0.1) is 0 Å². The van der Waals surface area contributed by atoms with Crippen LogP contribution in [0.4, 0.5) is 45.3 Å². The second-order valence-electron chi connectivity index (χ2n) is 7.99. The van der Waals surface area contributed by atoms with Gasteiger partial charge in [-0.25, -0.2) is 14.8 Å². The third-order valence-corrected chi connectivity index (χ3v) is 5.19. The number of anilines is 1. The molecule has 210 valence electrons. The molecule has 0 saturated heterocycles. The van der Waals surface area contributed by atoms with Gasteiger partial charge in [0.05, 0.1) is 18.1 Å². The highest BCUT2D eigenvalue weighted by molar-refractivity contribution is 5.90. The summed E-state index contributed by atoms with van der Waals surface area (Å²) in [6.07, 6.45) is -13.6. The van der Waals surface area contributed by atoms with Crippen molar-refractivity contribution in [2.75, 3.05) is 5.73 Å². The van der Waals surface area contributed by atoms with Crippen LogP contribution in [0.3, 0.4) is 0 Å². The number of aryl methyl sites for hydroxylation is 1. The molecule has 0 aliphatic heterocycles. The minimum Gasteiger partial charge on any atom is -0.427 e. The van der Waals surface area contributed by atoms with Crippen LogP contribution < -0.4 is 11.5 Å². The largest absolute Gasteiger partial charge is 0.490 e. The molecule has 0 saturated carbocycles. The summed E-state index contributed by atoms with van der Waals surface area (Å²) in [5.41, 5.74) is 4.11. The van der Waals surface area contributed by atoms with Crippen LogP contribution in [0.25, 0.3) is 22.5 Å². The molecule has 18 heteroatoms. The number of rotatable bonds is 6. The number of nitrogens with zero attached hydrogens (tertiary/aromatic N) is 4. The molecule has 4 N–H and O–H groups in total. The Hall–Kier alpha value is -4.38. The van der Waals surface area contributed by atoms with E-state index in [9.17, 15) is 49.1 Å². The van der Waals surface area contributed by atoms with E-state index in [1.54, 1.807) is 0 Å². The van der Waals surface area contributed by atoms with Crippen molar-refractivity contribution in [1.82, 2.24) is 19.7 Å². The van der Waals surface area contributed by atoms with E-state index in [0.717, 1.165) is 24.7 Å². The van der Waals surface area contributed by atoms with Crippen LogP contribution in [0.5, 0.6) is 0 Å². The maximum Gasteiger partial charge on any atom is 0.490 e. The number of alkyl halides is 9. The molecule has 0 aliphatic carbocycles. The van der Waals surface area contributed by atoms with Gasteiger partial charge in [0.1, 0.15) is 18.1 Å². The first-order chi connectivity index (χ1) is 17.8. The maximum absolute atomic E-state index is 14.1. The Kier molecular flexibility index (Phi) is 7.28. The first-order valence-corrected chi connectivity index (χ1v) is 10.3. The highest BCUT2D eigenvalue weighted by atomic mass is 19.4. The number of ether oxygens (including phenoxy) is 1. The number of halogens is 9. The van der Waals surface area contributed by atoms with Gasteiger partial charge in [0, 0.05) is 22.9 Å². The lowest BCUT2D eigenvalue weighted by Gasteiger charge is -2.33. The Morgan fingerprint density at radius 2 is 1.67 bits per heavy atom. The zero-order valence-electron chi connectivity index (χ0n) is 19.2. The third kappa shape index (κ3) is 5.88. The first-order valence-electron chi connectivity index (χ1n) is 10.3. The predicted molar refractivity (Wildman–Crippen MR) is 113 cm³/mol. The van der Waals surface area contributed by atoms with Gasteiger partial charge in [0.2, 0.25) is 0 Å². The minimum absolute atomic E-state index is 0.0548. The van der Waals surface area contributed by atoms with Crippen molar-refractivity contribution in [1.29, 1.82) is 0 Å². The summed E-state index contributed by atoms with van der Waals surface area (Å²) in [7, 11) is 0. The second kappa shape index (κ2) is 9.73. The minimum atomic E-state index is -5.95. The highest BCUT2D eigenvalue weighted by Gasteiger charge is 2.66. The van der Waals surface area contributed by atoms with Gasteiger partial charge in [-0.2, -0.15) is 44.6 Å². The third-order valence-electron chi connectivity index (χ3n) is 5.19. The SMILES string of the molecule is Cc1ccc(C(OC(=O)C(F)(F)F)(C(N)=O)C(F)(F)F)cc1-c1cnc(N)c(-c2cnn(CC(F)(F)F)c2)n1. The van der Waals surface area contributed by atoms with Crippen molar-refractivity contribution in [3.63, 3.8) is 0 Å². The number of aromatic nitrogens is 4. The van der Waals surface area contributed by atoms with Gasteiger partial charge in [-0.3, -0.25) is 9.48 Å². The Morgan fingerprint density at radius 3 is 2.21 bits per heavy atom. The summed E-state index contributed by atoms with van der Waals surface area (Å²) in [5.74, 6) is -6.10. The zero-order valence-corrected chi connectivity index (χ0v) is 19.2. The number of benzene rings is 1. The van der Waals surface area contributed by atoms with E-state index in [1.165, 1.54) is 6.92 Å². The summed E-state index contributed by atoms with van der Waals surface area (Å²) in [5, 5.41) is 3.54. The number of primary amides is 1. The van der Waals surface area contributed by atoms with Crippen molar-refractivity contribution in [2.24, 2.45) is 5.73 Å². The Balaban J connectivity index is 2.17. The molecule has 3 aromatic rings. The fraction of sp³-hybridized carbons (Fsp3) is 0.286. The zero-order chi connectivity index (χ0) is 29.6. The summed E-state index contributed by atoms with van der Waals surface area (Å²) < 4.78 is 123. The Labute approximate surface area is 211 Å². The van der Waals surface area contributed by atoms with Crippen LogP contribution in [-0.2, 0) is 26.5 Å². The van der Waals surface area contributed by atoms with Crippen molar-refractivity contribution in [3.8, 4) is 22.5 Å². The number of esters is 1. The van der Waals surface area contributed by atoms with Crippen LogP contribution in [-0.4, -0.2) is 50.2 Å². The van der Waals surface area contributed by atoms with Crippen molar-refractivity contribution in [3.05, 3.63) is 47.9 Å². The summed E-state index contributed by atoms with van der Waals surface area (Å²) >= 11 is 0. The number of carbonyl (C=O) groups excluding carboxylic acids is 2. The van der Waals surface area contributed by atoms with Gasteiger partial charge in [-0.05, 0) is 18.6 Å². The van der Waals surface area contributed by atoms with Crippen LogP contribution in [0.15, 0.2) is 36.8 Å². The van der Waals surface area contributed by atoms with Crippen LogP contribution in [0.1, 0.15) is 11.1 Å². The standard InChI is InChI=1S/C21H15F9N6O3/c1-9-2-3-11(19(16(32)37,21(28,29)30)39-17(38)20(25,26)27)4-12(9)13-6-33-15(31)14(35-13)10-5-34-36(7-10)8-18(22,23)24/h2-7H,8H2,1H3,(H2,31,33)(H2,32,37). The molecular formula is C21H15F9N6O3. The summed E-state index contributed by atoms with van der Waals surface area (Å²) in [6.45, 7) is -0.107. The fourth-order valence-corrected chi connectivity index (χ4v) is 3.42. The normalized spacial score (nSPS) is 14.1. The number of nitrogens with two attached hydrogens (primary N) is 2. The summed E-state index contributed by atoms with van der Waals surface area (Å²) in [4.78, 5) is 31.3. The van der Waals surface area contributed by atoms with E-state index in [-0.39, 0.29) is 33.9 Å². The van der Waals surface area contributed by atoms with E-state index < -0.39 is 48.1 Å². The first kappa shape index (κ1) is 29.2. The molecule has 0 fully saturated rings. The lowest BCUT2D eigenvalue weighted by atomic mass is 9.88. The van der Waals surface area contributed by atoms with Gasteiger partial charge in [0.25, 0.3) is 5.91 Å². The lowest BCUT2D eigenvalue weighted by molar-refractivity contribution is -0.280. The molecule has 1 amide bonds. The van der Waals surface area contributed by atoms with E-state index in [1.807, 2.05) is 0 Å². The topological polar surface area (TPSA) is 139 Å². The van der Waals surface area contributed by atoms with Crippen LogP contribution in [0.2, 0.25) is 0 Å². The average molecular weight is 570 g/mol. The fourth-order valence-electron chi connectivity index (χ4n) is 3.42. The lowest BCUT2D eigenvalue weighted by Crippen LogP contribution is -2.57. The Bertz CT molecular complexity index is 1420. The van der Waals surface area contributed by atoms with Crippen LogP contribution in [0, 0.1) is 6.92 Å². The molecule has 0 bridgehead atoms. The highest BCUT2D eigenvalue weighted by Crippen LogP contribution is 2.45. The molecule has 0 radical (unpaired) electrons. The van der Waals surface area contributed by atoms with E-state index >= 15 is 0 Å². The van der Waals surface area contributed by atoms with Gasteiger partial charge >= 0.3 is 30.1 Å². The maximum atomic E-state index is 14.1. The predicted octanol–water partition coefficient (Wildman–Crippen LogP) is 3.81. The molecule has 2 aromatic heterocycles. The second-order valence-corrected chi connectivity index (χ2v) is 7.99. The van der Waals surface area contributed by atoms with Gasteiger partial charge < -0.3 is 16.2 Å². The van der Waals surface area contributed by atoms with Crippen molar-refractivity contribution < 1.29 is 53.8 Å². The quantitative estimate of drug-likeness (QED) is 0.340. The molecule has 39 heavy (non-hydrogen) atoms. The van der Waals surface area contributed by atoms with E-state index in [2.05, 4.69) is 19.8 Å². The average Bonchev–Trinajstić information content (AvgIpc) is 3.23. The molecule has 1 aromatic carbocycles. The molecule has 1 atom stereocenters. The molecule has 9 nitrogen and oxygen atoms in total. The monoisotopic (exact) mass is 570 g/mol. The summed E-state index contributed by atoms with van der Waals surface area (Å²) in [6, 6.07) is 2.09. The van der Waals surface area contributed by atoms with Crippen molar-refractivity contribution >= 4 is 17.7 Å². The van der Waals surface area contributed by atoms with Gasteiger partial charge in [0.15, 0.2) is 0 Å². The van der Waals surface area contributed by atoms with E-state index in [4.69, 9.17) is 11.5 Å². The molecule has 1 unspecified atom stereocenters. The molecule has 0 aliphatic rings. The van der Waals surface area contributed by atoms with Crippen LogP contribution >= 0.6 is 0 Å². The molecular weight excluding hydrogens is 555 g/mol. The number of amides is 1. The number of hydrogen-bond acceptors (Lipinski definition) is 7. The molecule has 0 spiro atoms.